The predicted octanol–water partition coefficient (Wildman–Crippen LogP) is 12.8. The maximum absolute atomic E-state index is 6.61. The Balaban J connectivity index is 1.10. The van der Waals surface area contributed by atoms with Crippen molar-refractivity contribution in [1.82, 2.24) is 4.98 Å². The molecule has 0 aliphatic heterocycles. The zero-order valence-electron chi connectivity index (χ0n) is 26.4. The highest BCUT2D eigenvalue weighted by molar-refractivity contribution is 6.12. The molecule has 0 fully saturated rings. The van der Waals surface area contributed by atoms with E-state index < -0.39 is 0 Å². The summed E-state index contributed by atoms with van der Waals surface area (Å²) in [5.74, 6) is 0.578. The first-order valence-corrected chi connectivity index (χ1v) is 16.5. The fraction of sp³-hybridized carbons (Fsp3) is 0. The van der Waals surface area contributed by atoms with Gasteiger partial charge in [-0.25, -0.2) is 4.98 Å². The summed E-state index contributed by atoms with van der Waals surface area (Å²) in [5, 5.41) is 6.88. The lowest BCUT2D eigenvalue weighted by Gasteiger charge is -2.27. The molecule has 0 spiro atoms. The fourth-order valence-electron chi connectivity index (χ4n) is 7.18. The lowest BCUT2D eigenvalue weighted by atomic mass is 10.0. The summed E-state index contributed by atoms with van der Waals surface area (Å²) in [7, 11) is 0. The summed E-state index contributed by atoms with van der Waals surface area (Å²) in [4.78, 5) is 7.32. The van der Waals surface area contributed by atoms with E-state index in [1.165, 1.54) is 21.5 Å². The number of fused-ring (bicyclic) bond motifs is 6. The van der Waals surface area contributed by atoms with Crippen LogP contribution >= 0.6 is 0 Å². The van der Waals surface area contributed by atoms with Crippen LogP contribution in [-0.2, 0) is 0 Å². The lowest BCUT2D eigenvalue weighted by Crippen LogP contribution is -2.10. The number of furan rings is 1. The molecular weight excluding hydrogens is 601 g/mol. The van der Waals surface area contributed by atoms with Gasteiger partial charge in [-0.1, -0.05) is 115 Å². The van der Waals surface area contributed by atoms with Gasteiger partial charge in [-0.3, -0.25) is 0 Å². The van der Waals surface area contributed by atoms with Crippen molar-refractivity contribution in [3.05, 3.63) is 170 Å². The van der Waals surface area contributed by atoms with Gasteiger partial charge in [-0.05, 0) is 76.3 Å². The molecule has 2 heterocycles. The molecule has 0 aliphatic carbocycles. The molecule has 0 bridgehead atoms. The number of para-hydroxylation sites is 2. The third kappa shape index (κ3) is 4.49. The highest BCUT2D eigenvalue weighted by Crippen LogP contribution is 2.42. The maximum Gasteiger partial charge on any atom is 0.228 e. The Morgan fingerprint density at radius 1 is 0.449 bits per heavy atom. The van der Waals surface area contributed by atoms with Crippen LogP contribution in [0.1, 0.15) is 0 Å². The summed E-state index contributed by atoms with van der Waals surface area (Å²) in [5.41, 5.74) is 9.51. The van der Waals surface area contributed by atoms with Crippen molar-refractivity contribution in [3.8, 4) is 22.6 Å². The van der Waals surface area contributed by atoms with E-state index in [4.69, 9.17) is 13.8 Å². The second kappa shape index (κ2) is 11.0. The number of anilines is 3. The normalized spacial score (nSPS) is 11.7. The van der Waals surface area contributed by atoms with E-state index in [9.17, 15) is 0 Å². The van der Waals surface area contributed by atoms with Crippen LogP contribution in [0, 0.1) is 0 Å². The molecule has 8 aromatic carbocycles. The first-order chi connectivity index (χ1) is 24.3. The molecule has 0 radical (unpaired) electrons. The van der Waals surface area contributed by atoms with E-state index >= 15 is 0 Å². The maximum atomic E-state index is 6.61. The second-order valence-corrected chi connectivity index (χ2v) is 12.4. The molecule has 0 atom stereocenters. The van der Waals surface area contributed by atoms with E-state index in [0.717, 1.165) is 66.8 Å². The van der Waals surface area contributed by atoms with Gasteiger partial charge < -0.3 is 13.7 Å². The van der Waals surface area contributed by atoms with Crippen LogP contribution in [0.2, 0.25) is 0 Å². The van der Waals surface area contributed by atoms with Crippen LogP contribution in [0.5, 0.6) is 0 Å². The quantitative estimate of drug-likeness (QED) is 0.190. The van der Waals surface area contributed by atoms with Crippen molar-refractivity contribution in [3.63, 3.8) is 0 Å². The minimum absolute atomic E-state index is 0.578. The minimum Gasteiger partial charge on any atom is -0.456 e. The van der Waals surface area contributed by atoms with Crippen molar-refractivity contribution < 1.29 is 8.83 Å². The number of oxazole rings is 1. The van der Waals surface area contributed by atoms with Gasteiger partial charge in [0.05, 0.1) is 5.69 Å². The van der Waals surface area contributed by atoms with Gasteiger partial charge in [-0.15, -0.1) is 0 Å². The highest BCUT2D eigenvalue weighted by Gasteiger charge is 2.20. The monoisotopic (exact) mass is 628 g/mol. The Morgan fingerprint density at radius 3 is 2.02 bits per heavy atom. The first kappa shape index (κ1) is 27.5. The fourth-order valence-corrected chi connectivity index (χ4v) is 7.18. The Kier molecular flexibility index (Phi) is 6.15. The number of hydrogen-bond donors (Lipinski definition) is 0. The standard InChI is InChI=1S/C45H28N2O2/c1-2-12-32-28-34(27-22-29(32)10-1)47(40-19-7-13-30-11-3-4-14-35(30)40)33-25-23-31(24-26-33)36-16-8-18-39-44(36)49-45(46-39)38-17-9-21-42-43(38)37-15-5-6-20-41(37)48-42/h1-28H. The van der Waals surface area contributed by atoms with E-state index in [2.05, 4.69) is 132 Å². The Bertz CT molecular complexity index is 2840. The average Bonchev–Trinajstić information content (AvgIpc) is 3.77. The molecule has 230 valence electrons. The van der Waals surface area contributed by atoms with Gasteiger partial charge in [0.1, 0.15) is 16.7 Å². The number of rotatable bonds is 5. The number of benzene rings is 8. The molecule has 10 aromatic rings. The molecule has 0 saturated carbocycles. The van der Waals surface area contributed by atoms with Gasteiger partial charge in [0, 0.05) is 38.7 Å². The second-order valence-electron chi connectivity index (χ2n) is 12.4. The van der Waals surface area contributed by atoms with Crippen molar-refractivity contribution in [2.45, 2.75) is 0 Å². The Hall–Kier alpha value is -6.65. The van der Waals surface area contributed by atoms with Crippen LogP contribution in [0.15, 0.2) is 179 Å². The number of hydrogen-bond acceptors (Lipinski definition) is 4. The Labute approximate surface area is 282 Å². The van der Waals surface area contributed by atoms with Crippen LogP contribution in [0.25, 0.3) is 77.2 Å². The van der Waals surface area contributed by atoms with Crippen molar-refractivity contribution >= 4 is 71.6 Å². The Morgan fingerprint density at radius 2 is 1.12 bits per heavy atom. The van der Waals surface area contributed by atoms with Crippen LogP contribution in [0.4, 0.5) is 17.1 Å². The third-order valence-electron chi connectivity index (χ3n) is 9.48. The molecular formula is C45H28N2O2. The summed E-state index contributed by atoms with van der Waals surface area (Å²) in [6.45, 7) is 0. The van der Waals surface area contributed by atoms with E-state index in [0.29, 0.717) is 5.89 Å². The molecule has 0 N–H and O–H groups in total. The van der Waals surface area contributed by atoms with Crippen molar-refractivity contribution in [2.75, 3.05) is 4.90 Å². The van der Waals surface area contributed by atoms with Crippen LogP contribution in [0.3, 0.4) is 0 Å². The highest BCUT2D eigenvalue weighted by atomic mass is 16.4. The zero-order chi connectivity index (χ0) is 32.3. The van der Waals surface area contributed by atoms with Crippen molar-refractivity contribution in [2.24, 2.45) is 0 Å². The lowest BCUT2D eigenvalue weighted by molar-refractivity contribution is 0.621. The smallest absolute Gasteiger partial charge is 0.228 e. The van der Waals surface area contributed by atoms with Gasteiger partial charge in [0.2, 0.25) is 5.89 Å². The molecule has 2 aromatic heterocycles. The predicted molar refractivity (Wildman–Crippen MR) is 202 cm³/mol. The third-order valence-corrected chi connectivity index (χ3v) is 9.48. The van der Waals surface area contributed by atoms with E-state index in [1.54, 1.807) is 0 Å². The SMILES string of the molecule is c1ccc2cc(N(c3ccc(-c4cccc5nc(-c6cccc7oc8ccccc8c67)oc45)cc3)c3cccc4ccccc34)ccc2c1. The summed E-state index contributed by atoms with van der Waals surface area (Å²) < 4.78 is 12.8. The average molecular weight is 629 g/mol. The summed E-state index contributed by atoms with van der Waals surface area (Å²) in [6.07, 6.45) is 0. The van der Waals surface area contributed by atoms with E-state index in [-0.39, 0.29) is 0 Å². The molecule has 10 rings (SSSR count). The van der Waals surface area contributed by atoms with Gasteiger partial charge >= 0.3 is 0 Å². The minimum atomic E-state index is 0.578. The summed E-state index contributed by atoms with van der Waals surface area (Å²) in [6, 6.07) is 59.3. The topological polar surface area (TPSA) is 42.4 Å². The van der Waals surface area contributed by atoms with Gasteiger partial charge in [0.25, 0.3) is 0 Å². The molecule has 0 amide bonds. The molecule has 0 saturated heterocycles. The molecule has 0 unspecified atom stereocenters. The van der Waals surface area contributed by atoms with Crippen LogP contribution in [-0.4, -0.2) is 4.98 Å². The summed E-state index contributed by atoms with van der Waals surface area (Å²) >= 11 is 0. The molecule has 4 nitrogen and oxygen atoms in total. The van der Waals surface area contributed by atoms with Crippen molar-refractivity contribution in [1.29, 1.82) is 0 Å². The number of aromatic nitrogens is 1. The number of nitrogens with zero attached hydrogens (tertiary/aromatic N) is 2. The molecule has 4 heteroatoms. The molecule has 49 heavy (non-hydrogen) atoms. The largest absolute Gasteiger partial charge is 0.456 e. The van der Waals surface area contributed by atoms with Gasteiger partial charge in [-0.2, -0.15) is 0 Å². The zero-order valence-corrected chi connectivity index (χ0v) is 26.4. The molecule has 0 aliphatic rings. The van der Waals surface area contributed by atoms with Gasteiger partial charge in [0.15, 0.2) is 5.58 Å². The van der Waals surface area contributed by atoms with E-state index in [1.807, 2.05) is 42.5 Å². The first-order valence-electron chi connectivity index (χ1n) is 16.5. The van der Waals surface area contributed by atoms with Crippen LogP contribution < -0.4 is 4.90 Å².